The van der Waals surface area contributed by atoms with Crippen molar-refractivity contribution in [3.05, 3.63) is 58.1 Å². The molecule has 12 nitrogen and oxygen atoms in total. The van der Waals surface area contributed by atoms with Gasteiger partial charge in [-0.15, -0.1) is 0 Å². The summed E-state index contributed by atoms with van der Waals surface area (Å²) in [6.07, 6.45) is 4.77. The molecule has 4 heterocycles. The molecule has 0 radical (unpaired) electrons. The monoisotopic (exact) mass is 739 g/mol. The molecule has 0 bridgehead atoms. The number of halogens is 1. The van der Waals surface area contributed by atoms with Crippen LogP contribution >= 0.6 is 15.9 Å². The summed E-state index contributed by atoms with van der Waals surface area (Å²) in [6.45, 7) is 3.25. The standard InChI is InChI=1S/C36H46BrN5O7/c1-48-34(45)30-8-4-5-16-41(30)26-12-17-39(18-13-26)33(44)32(23-24-9-10-31(43)28(37)22-24)49-36(47)40-19-14-27(15-20-40)42-21-11-25-6-2-3-7-29(25)38-35(42)46/h2-3,6-7,9-10,22,26-27,30,32,43H,4-5,8,11-21,23H2,1H3,(H,38,46)/t30?,32-/m1/s1. The number of amides is 4. The highest BCUT2D eigenvalue weighted by atomic mass is 79.9. The van der Waals surface area contributed by atoms with Crippen molar-refractivity contribution in [1.82, 2.24) is 19.6 Å². The van der Waals surface area contributed by atoms with Crippen molar-refractivity contribution >= 4 is 45.6 Å². The molecule has 6 rings (SSSR count). The first-order valence-electron chi connectivity index (χ1n) is 17.4. The third kappa shape index (κ3) is 8.15. The van der Waals surface area contributed by atoms with E-state index in [-0.39, 0.29) is 48.2 Å². The van der Waals surface area contributed by atoms with Crippen LogP contribution in [0, 0.1) is 0 Å². The summed E-state index contributed by atoms with van der Waals surface area (Å²) in [7, 11) is 1.43. The molecule has 13 heteroatoms. The number of esters is 1. The van der Waals surface area contributed by atoms with Gasteiger partial charge in [0, 0.05) is 56.9 Å². The molecular formula is C36H46BrN5O7. The number of carbonyl (C=O) groups is 4. The van der Waals surface area contributed by atoms with E-state index in [0.717, 1.165) is 49.0 Å². The number of urea groups is 1. The molecule has 4 aliphatic rings. The van der Waals surface area contributed by atoms with Crippen molar-refractivity contribution < 1.29 is 33.8 Å². The Labute approximate surface area is 295 Å². The van der Waals surface area contributed by atoms with Gasteiger partial charge in [0.1, 0.15) is 11.8 Å². The van der Waals surface area contributed by atoms with Crippen molar-refractivity contribution in [2.45, 2.75) is 82.0 Å². The number of aromatic hydroxyl groups is 1. The average Bonchev–Trinajstić information content (AvgIpc) is 3.30. The van der Waals surface area contributed by atoms with E-state index < -0.39 is 12.2 Å². The van der Waals surface area contributed by atoms with Crippen molar-refractivity contribution in [3.8, 4) is 5.75 Å². The van der Waals surface area contributed by atoms with Gasteiger partial charge in [-0.25, -0.2) is 9.59 Å². The molecule has 0 aromatic heterocycles. The number of ether oxygens (including phenoxy) is 2. The van der Waals surface area contributed by atoms with Gasteiger partial charge >= 0.3 is 18.1 Å². The van der Waals surface area contributed by atoms with Crippen LogP contribution in [0.3, 0.4) is 0 Å². The highest BCUT2D eigenvalue weighted by Crippen LogP contribution is 2.29. The fourth-order valence-electron chi connectivity index (χ4n) is 7.77. The second-order valence-corrected chi connectivity index (χ2v) is 14.3. The minimum absolute atomic E-state index is 0.00915. The van der Waals surface area contributed by atoms with Gasteiger partial charge in [-0.2, -0.15) is 0 Å². The summed E-state index contributed by atoms with van der Waals surface area (Å²) in [6, 6.07) is 12.6. The number of carbonyl (C=O) groups excluding carboxylic acids is 4. The number of benzene rings is 2. The van der Waals surface area contributed by atoms with Gasteiger partial charge in [0.05, 0.1) is 11.6 Å². The number of methoxy groups -OCH3 is 1. The second kappa shape index (κ2) is 15.8. The van der Waals surface area contributed by atoms with Crippen molar-refractivity contribution in [2.75, 3.05) is 51.7 Å². The summed E-state index contributed by atoms with van der Waals surface area (Å²) in [4.78, 5) is 60.7. The number of piperidine rings is 3. The maximum atomic E-state index is 14.0. The molecular weight excluding hydrogens is 694 g/mol. The van der Waals surface area contributed by atoms with Crippen molar-refractivity contribution in [2.24, 2.45) is 0 Å². The van der Waals surface area contributed by atoms with Crippen LogP contribution in [0.25, 0.3) is 0 Å². The Morgan fingerprint density at radius 2 is 1.63 bits per heavy atom. The molecule has 3 saturated heterocycles. The summed E-state index contributed by atoms with van der Waals surface area (Å²) in [5.74, 6) is -0.372. The lowest BCUT2D eigenvalue weighted by molar-refractivity contribution is -0.151. The lowest BCUT2D eigenvalue weighted by Gasteiger charge is -2.43. The zero-order chi connectivity index (χ0) is 34.5. The number of anilines is 1. The SMILES string of the molecule is COC(=O)C1CCCCN1C1CCN(C(=O)[C@@H](Cc2ccc(O)c(Br)c2)OC(=O)N2CCC(N3CCc4ccccc4NC3=O)CC2)CC1. The molecule has 1 unspecified atom stereocenters. The lowest BCUT2D eigenvalue weighted by Crippen LogP contribution is -2.55. The number of nitrogens with one attached hydrogen (secondary N) is 1. The number of likely N-dealkylation sites (tertiary alicyclic amines) is 3. The smallest absolute Gasteiger partial charge is 0.410 e. The molecule has 4 amide bonds. The van der Waals surface area contributed by atoms with Crippen LogP contribution in [-0.2, 0) is 31.9 Å². The molecule has 4 aliphatic heterocycles. The van der Waals surface area contributed by atoms with Crippen LogP contribution in [0.15, 0.2) is 46.9 Å². The number of para-hydroxylation sites is 1. The highest BCUT2D eigenvalue weighted by Gasteiger charge is 2.39. The number of rotatable bonds is 7. The molecule has 2 aromatic carbocycles. The van der Waals surface area contributed by atoms with Crippen molar-refractivity contribution in [3.63, 3.8) is 0 Å². The molecule has 2 atom stereocenters. The van der Waals surface area contributed by atoms with Crippen LogP contribution in [-0.4, -0.2) is 119 Å². The van der Waals surface area contributed by atoms with E-state index in [0.29, 0.717) is 62.9 Å². The number of nitrogens with zero attached hydrogens (tertiary/aromatic N) is 4. The fraction of sp³-hybridized carbons (Fsp3) is 0.556. The van der Waals surface area contributed by atoms with Gasteiger partial charge in [0.25, 0.3) is 5.91 Å². The molecule has 2 aromatic rings. The third-order valence-corrected chi connectivity index (χ3v) is 11.2. The van der Waals surface area contributed by atoms with Crippen molar-refractivity contribution in [1.29, 1.82) is 0 Å². The second-order valence-electron chi connectivity index (χ2n) is 13.4. The summed E-state index contributed by atoms with van der Waals surface area (Å²) in [5, 5.41) is 13.1. The number of fused-ring (bicyclic) bond motifs is 1. The summed E-state index contributed by atoms with van der Waals surface area (Å²) in [5.41, 5.74) is 2.69. The number of hydrogen-bond acceptors (Lipinski definition) is 8. The Hall–Kier alpha value is -3.84. The van der Waals surface area contributed by atoms with E-state index in [1.54, 1.807) is 28.0 Å². The van der Waals surface area contributed by atoms with Gasteiger partial charge in [0.15, 0.2) is 6.10 Å². The van der Waals surface area contributed by atoms with E-state index in [9.17, 15) is 24.3 Å². The number of phenolic OH excluding ortho intramolecular Hbond substituents is 1. The first-order valence-corrected chi connectivity index (χ1v) is 18.2. The molecule has 264 valence electrons. The van der Waals surface area contributed by atoms with Gasteiger partial charge in [0.2, 0.25) is 0 Å². The Morgan fingerprint density at radius 1 is 0.918 bits per heavy atom. The molecule has 0 aliphatic carbocycles. The lowest BCUT2D eigenvalue weighted by atomic mass is 9.94. The number of hydrogen-bond donors (Lipinski definition) is 2. The fourth-order valence-corrected chi connectivity index (χ4v) is 8.19. The largest absolute Gasteiger partial charge is 0.507 e. The van der Waals surface area contributed by atoms with E-state index >= 15 is 0 Å². The van der Waals surface area contributed by atoms with Crippen LogP contribution in [0.1, 0.15) is 56.1 Å². The first-order chi connectivity index (χ1) is 23.7. The topological polar surface area (TPSA) is 132 Å². The molecule has 49 heavy (non-hydrogen) atoms. The third-order valence-electron chi connectivity index (χ3n) is 10.5. The van der Waals surface area contributed by atoms with Crippen LogP contribution in [0.5, 0.6) is 5.75 Å². The Morgan fingerprint density at radius 3 is 2.37 bits per heavy atom. The molecule has 0 saturated carbocycles. The van der Waals surface area contributed by atoms with E-state index in [1.165, 1.54) is 7.11 Å². The van der Waals surface area contributed by atoms with Gasteiger partial charge in [-0.3, -0.25) is 14.5 Å². The van der Waals surface area contributed by atoms with Gasteiger partial charge < -0.3 is 34.6 Å². The first kappa shape index (κ1) is 35.0. The zero-order valence-corrected chi connectivity index (χ0v) is 29.6. The van der Waals surface area contributed by atoms with E-state index in [2.05, 4.69) is 26.1 Å². The predicted octanol–water partition coefficient (Wildman–Crippen LogP) is 4.78. The van der Waals surface area contributed by atoms with Crippen LogP contribution < -0.4 is 5.32 Å². The quantitative estimate of drug-likeness (QED) is 0.389. The van der Waals surface area contributed by atoms with E-state index in [1.807, 2.05) is 29.2 Å². The maximum absolute atomic E-state index is 14.0. The Balaban J connectivity index is 1.08. The van der Waals surface area contributed by atoms with Gasteiger partial charge in [-0.1, -0.05) is 30.7 Å². The predicted molar refractivity (Wildman–Crippen MR) is 186 cm³/mol. The number of phenols is 1. The normalized spacial score (nSPS) is 21.7. The molecule has 2 N–H and O–H groups in total. The molecule has 0 spiro atoms. The highest BCUT2D eigenvalue weighted by molar-refractivity contribution is 9.10. The minimum atomic E-state index is -1.05. The minimum Gasteiger partial charge on any atom is -0.507 e. The Bertz CT molecular complexity index is 1520. The zero-order valence-electron chi connectivity index (χ0n) is 28.0. The summed E-state index contributed by atoms with van der Waals surface area (Å²) < 4.78 is 11.6. The van der Waals surface area contributed by atoms with E-state index in [4.69, 9.17) is 9.47 Å². The van der Waals surface area contributed by atoms with Crippen LogP contribution in [0.2, 0.25) is 0 Å². The Kier molecular flexibility index (Phi) is 11.3. The average molecular weight is 741 g/mol. The van der Waals surface area contributed by atoms with Gasteiger partial charge in [-0.05, 0) is 96.7 Å². The molecule has 3 fully saturated rings. The van der Waals surface area contributed by atoms with Crippen LogP contribution in [0.4, 0.5) is 15.3 Å². The maximum Gasteiger partial charge on any atom is 0.410 e. The summed E-state index contributed by atoms with van der Waals surface area (Å²) >= 11 is 3.35.